The lowest BCUT2D eigenvalue weighted by atomic mass is 10.2. The van der Waals surface area contributed by atoms with E-state index in [1.54, 1.807) is 7.11 Å². The van der Waals surface area contributed by atoms with Gasteiger partial charge in [0.1, 0.15) is 11.5 Å². The molecule has 1 aliphatic rings. The van der Waals surface area contributed by atoms with E-state index in [-0.39, 0.29) is 11.9 Å². The van der Waals surface area contributed by atoms with Crippen molar-refractivity contribution in [2.75, 3.05) is 50.1 Å². The fourth-order valence-corrected chi connectivity index (χ4v) is 3.46. The van der Waals surface area contributed by atoms with E-state index >= 15 is 0 Å². The zero-order valence-corrected chi connectivity index (χ0v) is 16.9. The monoisotopic (exact) mass is 383 g/mol. The Balaban J connectivity index is 1.57. The topological polar surface area (TPSA) is 54.0 Å². The number of ether oxygens (including phenoxy) is 2. The van der Waals surface area contributed by atoms with Gasteiger partial charge in [-0.05, 0) is 38.1 Å². The lowest BCUT2D eigenvalue weighted by Crippen LogP contribution is -2.52. The highest BCUT2D eigenvalue weighted by Crippen LogP contribution is 2.29. The molecule has 0 aromatic heterocycles. The molecule has 6 nitrogen and oxygen atoms in total. The number of anilines is 2. The lowest BCUT2D eigenvalue weighted by molar-refractivity contribution is -0.120. The van der Waals surface area contributed by atoms with Gasteiger partial charge in [-0.15, -0.1) is 0 Å². The van der Waals surface area contributed by atoms with Crippen molar-refractivity contribution in [1.29, 1.82) is 0 Å². The standard InChI is InChI=1S/C22H29N3O3/c1-4-28-21-11-6-5-10-20(21)25-14-12-24(13-15-25)17(2)22(26)23-18-8-7-9-19(16-18)27-3/h5-11,16-17H,4,12-15H2,1-3H3,(H,23,26)/t17-/m1/s1. The van der Waals surface area contributed by atoms with E-state index in [2.05, 4.69) is 21.2 Å². The molecule has 0 spiro atoms. The quantitative estimate of drug-likeness (QED) is 0.795. The van der Waals surface area contributed by atoms with E-state index in [0.717, 1.165) is 49.1 Å². The number of piperazine rings is 1. The first-order chi connectivity index (χ1) is 13.6. The number of para-hydroxylation sites is 2. The molecular weight excluding hydrogens is 354 g/mol. The number of carbonyl (C=O) groups is 1. The molecule has 1 aliphatic heterocycles. The number of methoxy groups -OCH3 is 1. The second-order valence-electron chi connectivity index (χ2n) is 6.82. The van der Waals surface area contributed by atoms with Crippen molar-refractivity contribution >= 4 is 17.3 Å². The van der Waals surface area contributed by atoms with Crippen LogP contribution < -0.4 is 19.7 Å². The van der Waals surface area contributed by atoms with Crippen molar-refractivity contribution in [3.63, 3.8) is 0 Å². The van der Waals surface area contributed by atoms with E-state index in [1.165, 1.54) is 0 Å². The number of rotatable bonds is 7. The van der Waals surface area contributed by atoms with Gasteiger partial charge in [-0.3, -0.25) is 9.69 Å². The second kappa shape index (κ2) is 9.46. The lowest BCUT2D eigenvalue weighted by Gasteiger charge is -2.39. The molecule has 6 heteroatoms. The van der Waals surface area contributed by atoms with Crippen LogP contribution in [0.4, 0.5) is 11.4 Å². The summed E-state index contributed by atoms with van der Waals surface area (Å²) in [6, 6.07) is 15.4. The number of carbonyl (C=O) groups excluding carboxylic acids is 1. The Hall–Kier alpha value is -2.73. The summed E-state index contributed by atoms with van der Waals surface area (Å²) in [5, 5.41) is 2.99. The van der Waals surface area contributed by atoms with Gasteiger partial charge in [0.05, 0.1) is 25.4 Å². The highest BCUT2D eigenvalue weighted by Gasteiger charge is 2.26. The molecule has 1 fully saturated rings. The minimum Gasteiger partial charge on any atom is -0.497 e. The summed E-state index contributed by atoms with van der Waals surface area (Å²) in [5.41, 5.74) is 1.87. The van der Waals surface area contributed by atoms with Crippen LogP contribution in [0, 0.1) is 0 Å². The van der Waals surface area contributed by atoms with Crippen LogP contribution in [0.1, 0.15) is 13.8 Å². The number of benzene rings is 2. The molecule has 150 valence electrons. The van der Waals surface area contributed by atoms with Crippen LogP contribution in [0.2, 0.25) is 0 Å². The third kappa shape index (κ3) is 4.75. The maximum absolute atomic E-state index is 12.7. The summed E-state index contributed by atoms with van der Waals surface area (Å²) in [7, 11) is 1.62. The van der Waals surface area contributed by atoms with Crippen LogP contribution in [-0.2, 0) is 4.79 Å². The molecule has 0 aliphatic carbocycles. The fourth-order valence-electron chi connectivity index (χ4n) is 3.46. The molecule has 2 aromatic carbocycles. The predicted molar refractivity (Wildman–Crippen MR) is 112 cm³/mol. The van der Waals surface area contributed by atoms with Gasteiger partial charge < -0.3 is 19.7 Å². The zero-order chi connectivity index (χ0) is 19.9. The molecule has 0 radical (unpaired) electrons. The van der Waals surface area contributed by atoms with E-state index < -0.39 is 0 Å². The van der Waals surface area contributed by atoms with Crippen molar-refractivity contribution in [2.24, 2.45) is 0 Å². The van der Waals surface area contributed by atoms with Crippen molar-refractivity contribution in [1.82, 2.24) is 4.90 Å². The average Bonchev–Trinajstić information content (AvgIpc) is 2.74. The Bertz CT molecular complexity index is 788. The van der Waals surface area contributed by atoms with Gasteiger partial charge in [-0.25, -0.2) is 0 Å². The first kappa shape index (κ1) is 20.0. The first-order valence-electron chi connectivity index (χ1n) is 9.78. The molecule has 1 saturated heterocycles. The zero-order valence-electron chi connectivity index (χ0n) is 16.9. The van der Waals surface area contributed by atoms with Gasteiger partial charge >= 0.3 is 0 Å². The van der Waals surface area contributed by atoms with Crippen molar-refractivity contribution in [3.05, 3.63) is 48.5 Å². The van der Waals surface area contributed by atoms with Gasteiger partial charge in [0.2, 0.25) is 5.91 Å². The van der Waals surface area contributed by atoms with Crippen molar-refractivity contribution in [2.45, 2.75) is 19.9 Å². The highest BCUT2D eigenvalue weighted by atomic mass is 16.5. The van der Waals surface area contributed by atoms with E-state index in [0.29, 0.717) is 6.61 Å². The Morgan fingerprint density at radius 2 is 1.86 bits per heavy atom. The molecule has 3 rings (SSSR count). The summed E-state index contributed by atoms with van der Waals surface area (Å²) in [4.78, 5) is 17.2. The SMILES string of the molecule is CCOc1ccccc1N1CCN([C@H](C)C(=O)Nc2cccc(OC)c2)CC1. The van der Waals surface area contributed by atoms with E-state index in [9.17, 15) is 4.79 Å². The number of nitrogens with one attached hydrogen (secondary N) is 1. The molecule has 0 saturated carbocycles. The van der Waals surface area contributed by atoms with Gasteiger partial charge in [0.25, 0.3) is 0 Å². The minimum atomic E-state index is -0.199. The molecule has 1 heterocycles. The Morgan fingerprint density at radius 3 is 2.57 bits per heavy atom. The van der Waals surface area contributed by atoms with Crippen LogP contribution in [0.25, 0.3) is 0 Å². The van der Waals surface area contributed by atoms with Gasteiger partial charge in [0.15, 0.2) is 0 Å². The van der Waals surface area contributed by atoms with Crippen molar-refractivity contribution < 1.29 is 14.3 Å². The normalized spacial score (nSPS) is 15.8. The largest absolute Gasteiger partial charge is 0.497 e. The molecule has 1 amide bonds. The maximum atomic E-state index is 12.7. The highest BCUT2D eigenvalue weighted by molar-refractivity contribution is 5.94. The maximum Gasteiger partial charge on any atom is 0.241 e. The summed E-state index contributed by atoms with van der Waals surface area (Å²) in [5.74, 6) is 1.64. The molecule has 0 bridgehead atoms. The van der Waals surface area contributed by atoms with Crippen molar-refractivity contribution in [3.8, 4) is 11.5 Å². The molecule has 28 heavy (non-hydrogen) atoms. The number of amides is 1. The summed E-state index contributed by atoms with van der Waals surface area (Å²) >= 11 is 0. The fraction of sp³-hybridized carbons (Fsp3) is 0.409. The molecule has 0 unspecified atom stereocenters. The molecule has 1 atom stereocenters. The Morgan fingerprint density at radius 1 is 1.11 bits per heavy atom. The molecule has 2 aromatic rings. The Kier molecular flexibility index (Phi) is 6.76. The Labute approximate surface area is 167 Å². The minimum absolute atomic E-state index is 0.00332. The average molecular weight is 383 g/mol. The summed E-state index contributed by atoms with van der Waals surface area (Å²) in [6.45, 7) is 7.98. The smallest absolute Gasteiger partial charge is 0.241 e. The number of hydrogen-bond donors (Lipinski definition) is 1. The van der Waals surface area contributed by atoms with E-state index in [1.807, 2.05) is 56.3 Å². The van der Waals surface area contributed by atoms with Gasteiger partial charge in [-0.1, -0.05) is 18.2 Å². The van der Waals surface area contributed by atoms with Crippen LogP contribution in [0.15, 0.2) is 48.5 Å². The van der Waals surface area contributed by atoms with Gasteiger partial charge in [0, 0.05) is 37.9 Å². The predicted octanol–water partition coefficient (Wildman–Crippen LogP) is 3.24. The van der Waals surface area contributed by atoms with Crippen LogP contribution >= 0.6 is 0 Å². The summed E-state index contributed by atoms with van der Waals surface area (Å²) < 4.78 is 11.0. The third-order valence-corrected chi connectivity index (χ3v) is 5.08. The number of nitrogens with zero attached hydrogens (tertiary/aromatic N) is 2. The van der Waals surface area contributed by atoms with Crippen LogP contribution in [-0.4, -0.2) is 56.7 Å². The van der Waals surface area contributed by atoms with Crippen LogP contribution in [0.3, 0.4) is 0 Å². The second-order valence-corrected chi connectivity index (χ2v) is 6.82. The van der Waals surface area contributed by atoms with Crippen LogP contribution in [0.5, 0.6) is 11.5 Å². The first-order valence-corrected chi connectivity index (χ1v) is 9.78. The molecule has 1 N–H and O–H groups in total. The number of hydrogen-bond acceptors (Lipinski definition) is 5. The van der Waals surface area contributed by atoms with Gasteiger partial charge in [-0.2, -0.15) is 0 Å². The molecular formula is C22H29N3O3. The summed E-state index contributed by atoms with van der Waals surface area (Å²) in [6.07, 6.45) is 0. The van der Waals surface area contributed by atoms with E-state index in [4.69, 9.17) is 9.47 Å². The third-order valence-electron chi connectivity index (χ3n) is 5.08.